The van der Waals surface area contributed by atoms with Crippen molar-refractivity contribution < 1.29 is 14.3 Å². The largest absolute Gasteiger partial charge is 0.384 e. The lowest BCUT2D eigenvalue weighted by molar-refractivity contribution is -0.142. The zero-order chi connectivity index (χ0) is 25.5. The van der Waals surface area contributed by atoms with Gasteiger partial charge in [-0.25, -0.2) is 4.98 Å². The van der Waals surface area contributed by atoms with E-state index in [0.29, 0.717) is 38.3 Å². The molecule has 1 aromatic carbocycles. The number of ether oxygens (including phenoxy) is 1. The molecule has 4 rings (SSSR count). The lowest BCUT2D eigenvalue weighted by atomic mass is 10.00. The Morgan fingerprint density at radius 1 is 1.11 bits per heavy atom. The Bertz CT molecular complexity index is 1210. The molecule has 9 heteroatoms. The van der Waals surface area contributed by atoms with Crippen LogP contribution in [0.5, 0.6) is 0 Å². The third-order valence-corrected chi connectivity index (χ3v) is 6.57. The van der Waals surface area contributed by atoms with Gasteiger partial charge in [0.15, 0.2) is 0 Å². The molecule has 0 aliphatic carbocycles. The van der Waals surface area contributed by atoms with E-state index in [2.05, 4.69) is 14.9 Å². The molecule has 0 spiro atoms. The van der Waals surface area contributed by atoms with E-state index in [0.717, 1.165) is 28.5 Å². The summed E-state index contributed by atoms with van der Waals surface area (Å²) in [5, 5.41) is 0. The van der Waals surface area contributed by atoms with Gasteiger partial charge < -0.3 is 25.1 Å². The molecule has 2 aromatic heterocycles. The Kier molecular flexibility index (Phi) is 8.24. The first kappa shape index (κ1) is 25.3. The number of nitrogen functional groups attached to an aromatic ring is 1. The number of hydrogen-bond donors (Lipinski definition) is 2. The van der Waals surface area contributed by atoms with E-state index in [1.807, 2.05) is 30.3 Å². The van der Waals surface area contributed by atoms with Crippen molar-refractivity contribution in [3.63, 3.8) is 0 Å². The summed E-state index contributed by atoms with van der Waals surface area (Å²) in [5.41, 5.74) is 9.42. The molecule has 0 bridgehead atoms. The predicted molar refractivity (Wildman–Crippen MR) is 137 cm³/mol. The van der Waals surface area contributed by atoms with E-state index in [4.69, 9.17) is 10.5 Å². The topological polar surface area (TPSA) is 122 Å². The van der Waals surface area contributed by atoms with Crippen molar-refractivity contribution in [2.75, 3.05) is 32.5 Å². The molecule has 1 amide bonds. The fourth-order valence-corrected chi connectivity index (χ4v) is 4.61. The highest BCUT2D eigenvalue weighted by Crippen LogP contribution is 2.23. The van der Waals surface area contributed by atoms with Gasteiger partial charge >= 0.3 is 0 Å². The van der Waals surface area contributed by atoms with Crippen molar-refractivity contribution in [3.8, 4) is 11.1 Å². The molecular weight excluding hydrogens is 458 g/mol. The number of methoxy groups -OCH3 is 1. The van der Waals surface area contributed by atoms with Crippen LogP contribution in [0.4, 0.5) is 5.82 Å². The quantitative estimate of drug-likeness (QED) is 0.440. The van der Waals surface area contributed by atoms with Gasteiger partial charge in [-0.2, -0.15) is 0 Å². The minimum absolute atomic E-state index is 0.00868. The van der Waals surface area contributed by atoms with Gasteiger partial charge in [0.1, 0.15) is 12.1 Å². The van der Waals surface area contributed by atoms with Gasteiger partial charge in [0.05, 0.1) is 18.7 Å². The van der Waals surface area contributed by atoms with E-state index in [1.165, 1.54) is 6.07 Å². The van der Waals surface area contributed by atoms with Crippen LogP contribution in [0.3, 0.4) is 0 Å². The number of benzene rings is 1. The molecule has 0 radical (unpaired) electrons. The number of pyridine rings is 2. The normalized spacial score (nSPS) is 18.2. The molecule has 3 aromatic rings. The van der Waals surface area contributed by atoms with Crippen LogP contribution in [0.25, 0.3) is 11.1 Å². The van der Waals surface area contributed by atoms with Gasteiger partial charge in [-0.15, -0.1) is 0 Å². The predicted octanol–water partition coefficient (Wildman–Crippen LogP) is 1.88. The SMILES string of the molecule is COC[C@@H]1C(C=O)N(Cc2ccc(-c3ccc(=O)[nH]c3)cc2)CCN1C(=O)CCc1ccc(N)nc1. The van der Waals surface area contributed by atoms with Crippen LogP contribution in [0.1, 0.15) is 17.5 Å². The molecule has 1 aliphatic heterocycles. The summed E-state index contributed by atoms with van der Waals surface area (Å²) in [6.45, 7) is 1.96. The first-order chi connectivity index (χ1) is 17.5. The summed E-state index contributed by atoms with van der Waals surface area (Å²) in [4.78, 5) is 47.3. The van der Waals surface area contributed by atoms with Gasteiger partial charge in [0.25, 0.3) is 0 Å². The molecule has 1 aliphatic rings. The number of carbonyl (C=O) groups excluding carboxylic acids is 2. The van der Waals surface area contributed by atoms with E-state index in [9.17, 15) is 14.4 Å². The lowest BCUT2D eigenvalue weighted by Crippen LogP contribution is -2.62. The Labute approximate surface area is 209 Å². The Balaban J connectivity index is 1.42. The minimum Gasteiger partial charge on any atom is -0.384 e. The number of H-pyrrole nitrogens is 1. The number of aldehydes is 1. The molecule has 9 nitrogen and oxygen atoms in total. The number of amides is 1. The van der Waals surface area contributed by atoms with Crippen LogP contribution in [0.15, 0.2) is 65.7 Å². The second-order valence-corrected chi connectivity index (χ2v) is 8.94. The summed E-state index contributed by atoms with van der Waals surface area (Å²) >= 11 is 0. The van der Waals surface area contributed by atoms with Crippen molar-refractivity contribution in [2.24, 2.45) is 0 Å². The number of anilines is 1. The number of nitrogens with one attached hydrogen (secondary N) is 1. The summed E-state index contributed by atoms with van der Waals surface area (Å²) in [6, 6.07) is 14.1. The average molecular weight is 490 g/mol. The second-order valence-electron chi connectivity index (χ2n) is 8.94. The maximum Gasteiger partial charge on any atom is 0.247 e. The van der Waals surface area contributed by atoms with Crippen LogP contribution in [-0.4, -0.2) is 70.9 Å². The number of aromatic nitrogens is 2. The fourth-order valence-electron chi connectivity index (χ4n) is 4.61. The van der Waals surface area contributed by atoms with Gasteiger partial charge in [-0.1, -0.05) is 30.3 Å². The lowest BCUT2D eigenvalue weighted by Gasteiger charge is -2.45. The van der Waals surface area contributed by atoms with Crippen molar-refractivity contribution in [2.45, 2.75) is 31.5 Å². The smallest absolute Gasteiger partial charge is 0.247 e. The number of hydrogen-bond acceptors (Lipinski definition) is 7. The maximum atomic E-state index is 13.1. The number of aryl methyl sites for hydroxylation is 1. The standard InChI is InChI=1S/C27H31N5O4/c1-36-18-24-23(17-33)31(12-13-32(24)27(35)11-5-19-4-9-25(28)29-14-19)16-20-2-6-21(7-3-20)22-8-10-26(34)30-15-22/h2-4,6-10,14-15,17,23-24H,5,11-13,16,18H2,1H3,(H2,28,29)(H,30,34)/t23?,24-/m1/s1. The highest BCUT2D eigenvalue weighted by atomic mass is 16.5. The fraction of sp³-hybridized carbons (Fsp3) is 0.333. The van der Waals surface area contributed by atoms with Crippen LogP contribution in [-0.2, 0) is 27.3 Å². The van der Waals surface area contributed by atoms with E-state index in [1.54, 1.807) is 36.5 Å². The van der Waals surface area contributed by atoms with Crippen LogP contribution >= 0.6 is 0 Å². The number of carbonyl (C=O) groups is 2. The highest BCUT2D eigenvalue weighted by molar-refractivity contribution is 5.78. The maximum absolute atomic E-state index is 13.1. The van der Waals surface area contributed by atoms with Gasteiger partial charge in [-0.05, 0) is 40.8 Å². The van der Waals surface area contributed by atoms with E-state index in [-0.39, 0.29) is 24.1 Å². The molecule has 188 valence electrons. The van der Waals surface area contributed by atoms with Crippen LogP contribution < -0.4 is 11.3 Å². The number of nitrogens with zero attached hydrogens (tertiary/aromatic N) is 3. The van der Waals surface area contributed by atoms with Crippen LogP contribution in [0, 0.1) is 0 Å². The molecule has 1 saturated heterocycles. The minimum atomic E-state index is -0.472. The molecule has 1 unspecified atom stereocenters. The van der Waals surface area contributed by atoms with Gasteiger partial charge in [0, 0.05) is 51.6 Å². The van der Waals surface area contributed by atoms with Crippen molar-refractivity contribution >= 4 is 18.0 Å². The molecular formula is C27H31N5O4. The number of rotatable bonds is 9. The first-order valence-corrected chi connectivity index (χ1v) is 11.9. The Morgan fingerprint density at radius 2 is 1.86 bits per heavy atom. The van der Waals surface area contributed by atoms with Gasteiger partial charge in [0.2, 0.25) is 11.5 Å². The Morgan fingerprint density at radius 3 is 2.50 bits per heavy atom. The molecule has 0 saturated carbocycles. The Hall–Kier alpha value is -3.82. The summed E-state index contributed by atoms with van der Waals surface area (Å²) in [7, 11) is 1.58. The monoisotopic (exact) mass is 489 g/mol. The molecule has 36 heavy (non-hydrogen) atoms. The average Bonchev–Trinajstić information content (AvgIpc) is 2.89. The third-order valence-electron chi connectivity index (χ3n) is 6.57. The molecule has 2 atom stereocenters. The summed E-state index contributed by atoms with van der Waals surface area (Å²) in [6.07, 6.45) is 5.17. The van der Waals surface area contributed by atoms with Crippen LogP contribution in [0.2, 0.25) is 0 Å². The zero-order valence-electron chi connectivity index (χ0n) is 20.3. The number of aromatic amines is 1. The number of piperazine rings is 1. The van der Waals surface area contributed by atoms with Crippen molar-refractivity contribution in [3.05, 3.63) is 82.4 Å². The zero-order valence-corrected chi connectivity index (χ0v) is 20.3. The van der Waals surface area contributed by atoms with E-state index >= 15 is 0 Å². The molecule has 3 heterocycles. The van der Waals surface area contributed by atoms with Crippen molar-refractivity contribution in [1.82, 2.24) is 19.8 Å². The second kappa shape index (κ2) is 11.7. The molecule has 3 N–H and O–H groups in total. The third kappa shape index (κ3) is 6.05. The summed E-state index contributed by atoms with van der Waals surface area (Å²) in [5.74, 6) is 0.437. The highest BCUT2D eigenvalue weighted by Gasteiger charge is 2.38. The molecule has 1 fully saturated rings. The van der Waals surface area contributed by atoms with Gasteiger partial charge in [-0.3, -0.25) is 14.5 Å². The summed E-state index contributed by atoms with van der Waals surface area (Å²) < 4.78 is 5.41. The number of nitrogens with two attached hydrogens (primary N) is 1. The van der Waals surface area contributed by atoms with E-state index < -0.39 is 6.04 Å². The first-order valence-electron chi connectivity index (χ1n) is 11.9. The van der Waals surface area contributed by atoms with Crippen molar-refractivity contribution in [1.29, 1.82) is 0 Å².